The van der Waals surface area contributed by atoms with E-state index in [1.807, 2.05) is 42.5 Å². The van der Waals surface area contributed by atoms with Gasteiger partial charge >= 0.3 is 0 Å². The van der Waals surface area contributed by atoms with Gasteiger partial charge in [-0.2, -0.15) is 0 Å². The predicted octanol–water partition coefficient (Wildman–Crippen LogP) is 6.64. The number of hydrogen-bond acceptors (Lipinski definition) is 6. The van der Waals surface area contributed by atoms with Crippen molar-refractivity contribution in [1.29, 1.82) is 0 Å². The maximum atomic E-state index is 6.66. The largest absolute Gasteiger partial charge is 0.440 e. The third kappa shape index (κ3) is 2.85. The number of hydrogen-bond donors (Lipinski definition) is 0. The minimum absolute atomic E-state index is 0.208. The molecule has 0 bridgehead atoms. The van der Waals surface area contributed by atoms with Crippen molar-refractivity contribution in [2.75, 3.05) is 4.90 Å². The lowest BCUT2D eigenvalue weighted by Gasteiger charge is -2.29. The summed E-state index contributed by atoms with van der Waals surface area (Å²) in [6.45, 7) is -0.208. The Hall–Kier alpha value is -4.88. The number of thiophene rings is 1. The van der Waals surface area contributed by atoms with E-state index in [0.29, 0.717) is 0 Å². The lowest BCUT2D eigenvalue weighted by Crippen LogP contribution is -2.57. The normalized spacial score (nSPS) is 13.0. The van der Waals surface area contributed by atoms with Gasteiger partial charge in [-0.05, 0) is 30.3 Å². The van der Waals surface area contributed by atoms with E-state index in [1.165, 1.54) is 4.70 Å². The highest BCUT2D eigenvalue weighted by atomic mass is 32.1. The van der Waals surface area contributed by atoms with Gasteiger partial charge in [-0.15, -0.1) is 11.3 Å². The first-order valence-electron chi connectivity index (χ1n) is 12.9. The van der Waals surface area contributed by atoms with E-state index < -0.39 is 0 Å². The van der Waals surface area contributed by atoms with Crippen molar-refractivity contribution in [2.45, 2.75) is 0 Å². The molecule has 5 nitrogen and oxygen atoms in total. The molecular formula is C32H18BN3O2S. The zero-order valence-electron chi connectivity index (χ0n) is 20.5. The maximum Gasteiger partial charge on any atom is 0.282 e. The van der Waals surface area contributed by atoms with Crippen LogP contribution in [0.2, 0.25) is 0 Å². The molecule has 9 rings (SSSR count). The average Bonchev–Trinajstić information content (AvgIpc) is 3.68. The van der Waals surface area contributed by atoms with Crippen molar-refractivity contribution >= 4 is 94.3 Å². The monoisotopic (exact) mass is 519 g/mol. The predicted molar refractivity (Wildman–Crippen MR) is 160 cm³/mol. The molecule has 5 heterocycles. The van der Waals surface area contributed by atoms with Crippen LogP contribution >= 0.6 is 11.3 Å². The summed E-state index contributed by atoms with van der Waals surface area (Å²) in [6, 6.07) is 35.2. The molecule has 0 spiro atoms. The van der Waals surface area contributed by atoms with Crippen molar-refractivity contribution < 1.29 is 8.83 Å². The molecule has 0 N–H and O–H groups in total. The quantitative estimate of drug-likeness (QED) is 0.240. The molecule has 0 amide bonds. The molecule has 0 atom stereocenters. The number of fused-ring (bicyclic) bond motifs is 9. The third-order valence-electron chi connectivity index (χ3n) is 7.69. The minimum atomic E-state index is -0.208. The van der Waals surface area contributed by atoms with Crippen LogP contribution in [0.3, 0.4) is 0 Å². The molecule has 0 saturated heterocycles. The van der Waals surface area contributed by atoms with Gasteiger partial charge in [0.15, 0.2) is 0 Å². The fourth-order valence-corrected chi connectivity index (χ4v) is 7.24. The number of rotatable bonds is 2. The summed E-state index contributed by atoms with van der Waals surface area (Å²) in [7, 11) is 0. The van der Waals surface area contributed by atoms with Gasteiger partial charge in [0.05, 0.1) is 15.9 Å². The number of para-hydroxylation sites is 3. The standard InChI is InChI=1S/C32H18BN3O2S/c1-2-10-19(11-3-1)36-31-26(20-12-4-7-15-23(20)37-31)33(27-21-13-5-8-16-24(21)38-32(27)36)30-29-28(34-18-35-30)22-14-6-9-17-25(22)39-29/h1-18H. The Morgan fingerprint density at radius 3 is 1.90 bits per heavy atom. The summed E-state index contributed by atoms with van der Waals surface area (Å²) in [5, 5.41) is 3.29. The molecular weight excluding hydrogens is 501 g/mol. The maximum absolute atomic E-state index is 6.66. The number of anilines is 3. The van der Waals surface area contributed by atoms with E-state index in [4.69, 9.17) is 18.8 Å². The topological polar surface area (TPSA) is 55.3 Å². The lowest BCUT2D eigenvalue weighted by molar-refractivity contribution is 0.585. The fourth-order valence-electron chi connectivity index (χ4n) is 6.06. The van der Waals surface area contributed by atoms with Crippen LogP contribution in [-0.2, 0) is 0 Å². The number of nitrogens with zero attached hydrogens (tertiary/aromatic N) is 3. The Kier molecular flexibility index (Phi) is 4.23. The summed E-state index contributed by atoms with van der Waals surface area (Å²) < 4.78 is 15.6. The van der Waals surface area contributed by atoms with Crippen LogP contribution in [0.1, 0.15) is 0 Å². The minimum Gasteiger partial charge on any atom is -0.440 e. The van der Waals surface area contributed by atoms with Crippen molar-refractivity contribution in [3.63, 3.8) is 0 Å². The first kappa shape index (κ1) is 21.1. The fraction of sp³-hybridized carbons (Fsp3) is 0. The highest BCUT2D eigenvalue weighted by molar-refractivity contribution is 7.27. The van der Waals surface area contributed by atoms with Gasteiger partial charge in [-0.3, -0.25) is 4.90 Å². The summed E-state index contributed by atoms with van der Waals surface area (Å²) in [4.78, 5) is 11.8. The second-order valence-corrected chi connectivity index (χ2v) is 10.8. The van der Waals surface area contributed by atoms with E-state index in [1.54, 1.807) is 17.7 Å². The lowest BCUT2D eigenvalue weighted by atomic mass is 9.37. The van der Waals surface area contributed by atoms with E-state index in [2.05, 4.69) is 65.6 Å². The van der Waals surface area contributed by atoms with Gasteiger partial charge in [0, 0.05) is 37.4 Å². The number of furan rings is 2. The molecule has 39 heavy (non-hydrogen) atoms. The van der Waals surface area contributed by atoms with Gasteiger partial charge in [0.1, 0.15) is 17.5 Å². The second kappa shape index (κ2) is 7.82. The Morgan fingerprint density at radius 1 is 0.615 bits per heavy atom. The van der Waals surface area contributed by atoms with Gasteiger partial charge < -0.3 is 8.83 Å². The molecule has 0 fully saturated rings. The summed E-state index contributed by atoms with van der Waals surface area (Å²) in [6.07, 6.45) is 1.70. The molecule has 0 radical (unpaired) electrons. The second-order valence-electron chi connectivity index (χ2n) is 9.77. The van der Waals surface area contributed by atoms with Gasteiger partial charge in [0.2, 0.25) is 11.8 Å². The van der Waals surface area contributed by atoms with Gasteiger partial charge in [-0.25, -0.2) is 9.97 Å². The van der Waals surface area contributed by atoms with E-state index >= 15 is 0 Å². The Morgan fingerprint density at radius 2 is 1.21 bits per heavy atom. The Labute approximate surface area is 227 Å². The van der Waals surface area contributed by atoms with E-state index in [9.17, 15) is 0 Å². The van der Waals surface area contributed by atoms with Crippen LogP contribution in [0.4, 0.5) is 17.5 Å². The molecule has 8 aromatic rings. The summed E-state index contributed by atoms with van der Waals surface area (Å²) >= 11 is 1.74. The van der Waals surface area contributed by atoms with E-state index in [-0.39, 0.29) is 6.71 Å². The highest BCUT2D eigenvalue weighted by Gasteiger charge is 2.45. The zero-order valence-corrected chi connectivity index (χ0v) is 21.4. The molecule has 0 saturated carbocycles. The molecule has 7 heteroatoms. The SMILES string of the molecule is c1ccc(N2c3oc4ccccc4c3B(c3ncnc4c3sc3ccccc34)c3c2oc2ccccc32)cc1. The summed E-state index contributed by atoms with van der Waals surface area (Å²) in [5.74, 6) is 1.51. The van der Waals surface area contributed by atoms with Crippen molar-refractivity contribution in [3.8, 4) is 0 Å². The van der Waals surface area contributed by atoms with E-state index in [0.717, 1.165) is 71.5 Å². The average molecular weight is 519 g/mol. The molecule has 4 aromatic heterocycles. The molecule has 1 aliphatic heterocycles. The molecule has 1 aliphatic rings. The third-order valence-corrected chi connectivity index (χ3v) is 8.87. The summed E-state index contributed by atoms with van der Waals surface area (Å²) in [5.41, 5.74) is 6.78. The zero-order chi connectivity index (χ0) is 25.5. The van der Waals surface area contributed by atoms with Crippen molar-refractivity contribution in [1.82, 2.24) is 9.97 Å². The highest BCUT2D eigenvalue weighted by Crippen LogP contribution is 2.42. The van der Waals surface area contributed by atoms with Crippen LogP contribution < -0.4 is 21.4 Å². The smallest absolute Gasteiger partial charge is 0.282 e. The van der Waals surface area contributed by atoms with Gasteiger partial charge in [0.25, 0.3) is 6.71 Å². The number of aromatic nitrogens is 2. The number of benzene rings is 4. The van der Waals surface area contributed by atoms with Crippen LogP contribution in [0.25, 0.3) is 42.2 Å². The van der Waals surface area contributed by atoms with Crippen LogP contribution in [-0.4, -0.2) is 16.7 Å². The Balaban J connectivity index is 1.46. The van der Waals surface area contributed by atoms with Crippen LogP contribution in [0, 0.1) is 0 Å². The molecule has 0 aliphatic carbocycles. The first-order valence-corrected chi connectivity index (χ1v) is 13.7. The van der Waals surface area contributed by atoms with Crippen LogP contribution in [0.5, 0.6) is 0 Å². The molecule has 182 valence electrons. The Bertz CT molecular complexity index is 2130. The van der Waals surface area contributed by atoms with Crippen LogP contribution in [0.15, 0.2) is 118 Å². The molecule has 4 aromatic carbocycles. The molecule has 0 unspecified atom stereocenters. The van der Waals surface area contributed by atoms with Crippen molar-refractivity contribution in [2.24, 2.45) is 0 Å². The van der Waals surface area contributed by atoms with Crippen molar-refractivity contribution in [3.05, 3.63) is 109 Å². The first-order chi connectivity index (χ1) is 19.4. The van der Waals surface area contributed by atoms with Gasteiger partial charge in [-0.1, -0.05) is 72.8 Å².